The van der Waals surface area contributed by atoms with Gasteiger partial charge in [0.1, 0.15) is 5.82 Å². The summed E-state index contributed by atoms with van der Waals surface area (Å²) in [7, 11) is 0. The Morgan fingerprint density at radius 1 is 1.43 bits per heavy atom. The molecule has 2 rings (SSSR count). The number of amides is 1. The van der Waals surface area contributed by atoms with Crippen LogP contribution in [-0.2, 0) is 0 Å². The van der Waals surface area contributed by atoms with E-state index in [2.05, 4.69) is 16.8 Å². The number of aromatic nitrogens is 2. The lowest BCUT2D eigenvalue weighted by Gasteiger charge is -2.19. The van der Waals surface area contributed by atoms with Crippen molar-refractivity contribution in [3.63, 3.8) is 0 Å². The maximum Gasteiger partial charge on any atom is 0.258 e. The molecular weight excluding hydrogens is 273 g/mol. The Hall–Kier alpha value is -2.47. The first-order valence-corrected chi connectivity index (χ1v) is 6.47. The van der Waals surface area contributed by atoms with Gasteiger partial charge < -0.3 is 10.0 Å². The Kier molecular flexibility index (Phi) is 4.84. The molecule has 0 aliphatic carbocycles. The minimum absolute atomic E-state index is 0.136. The molecule has 0 fully saturated rings. The number of hydrogen-bond acceptors (Lipinski definition) is 3. The number of benzene rings is 1. The van der Waals surface area contributed by atoms with E-state index < -0.39 is 0 Å². The van der Waals surface area contributed by atoms with E-state index in [9.17, 15) is 9.18 Å². The highest BCUT2D eigenvalue weighted by atomic mass is 19.1. The van der Waals surface area contributed by atoms with Crippen molar-refractivity contribution < 1.29 is 14.3 Å². The number of hydrogen-bond donors (Lipinski definition) is 2. The zero-order valence-corrected chi connectivity index (χ0v) is 11.4. The van der Waals surface area contributed by atoms with Crippen LogP contribution in [0.5, 0.6) is 0 Å². The molecule has 0 spiro atoms. The number of halogens is 1. The monoisotopic (exact) mass is 289 g/mol. The number of aliphatic hydroxyl groups is 1. The fourth-order valence-electron chi connectivity index (χ4n) is 2.01. The summed E-state index contributed by atoms with van der Waals surface area (Å²) in [4.78, 5) is 13.9. The molecule has 1 amide bonds. The Morgan fingerprint density at radius 3 is 2.76 bits per heavy atom. The van der Waals surface area contributed by atoms with Crippen molar-refractivity contribution in [3.8, 4) is 11.3 Å². The fourth-order valence-corrected chi connectivity index (χ4v) is 2.01. The van der Waals surface area contributed by atoms with Crippen molar-refractivity contribution in [1.82, 2.24) is 15.1 Å². The van der Waals surface area contributed by atoms with Crippen LogP contribution in [-0.4, -0.2) is 45.8 Å². The summed E-state index contributed by atoms with van der Waals surface area (Å²) in [6.07, 6.45) is 3.01. The lowest BCUT2D eigenvalue weighted by atomic mass is 10.1. The van der Waals surface area contributed by atoms with Gasteiger partial charge in [0, 0.05) is 18.7 Å². The number of nitrogens with zero attached hydrogens (tertiary/aromatic N) is 2. The quantitative estimate of drug-likeness (QED) is 0.797. The smallest absolute Gasteiger partial charge is 0.258 e. The van der Waals surface area contributed by atoms with Gasteiger partial charge >= 0.3 is 0 Å². The minimum Gasteiger partial charge on any atom is -0.395 e. The predicted molar refractivity (Wildman–Crippen MR) is 77.2 cm³/mol. The average molecular weight is 289 g/mol. The van der Waals surface area contributed by atoms with Gasteiger partial charge in [-0.15, -0.1) is 6.58 Å². The zero-order valence-electron chi connectivity index (χ0n) is 11.4. The fraction of sp³-hybridized carbons (Fsp3) is 0.200. The molecule has 1 aromatic carbocycles. The molecule has 0 radical (unpaired) electrons. The van der Waals surface area contributed by atoms with Gasteiger partial charge in [0.2, 0.25) is 0 Å². The summed E-state index contributed by atoms with van der Waals surface area (Å²) in [5, 5.41) is 15.7. The number of rotatable bonds is 6. The second-order valence-corrected chi connectivity index (χ2v) is 4.43. The van der Waals surface area contributed by atoms with E-state index in [0.29, 0.717) is 23.4 Å². The SMILES string of the molecule is C=CCN(CCO)C(=O)c1cn[nH]c1-c1ccc(F)cc1. The normalized spacial score (nSPS) is 10.4. The van der Waals surface area contributed by atoms with Crippen molar-refractivity contribution in [2.45, 2.75) is 0 Å². The summed E-state index contributed by atoms with van der Waals surface area (Å²) in [5.74, 6) is -0.614. The summed E-state index contributed by atoms with van der Waals surface area (Å²) in [5.41, 5.74) is 1.56. The Bertz CT molecular complexity index is 622. The molecule has 110 valence electrons. The van der Waals surface area contributed by atoms with Gasteiger partial charge in [-0.2, -0.15) is 5.10 Å². The highest BCUT2D eigenvalue weighted by Crippen LogP contribution is 2.22. The van der Waals surface area contributed by atoms with Crippen molar-refractivity contribution >= 4 is 5.91 Å². The predicted octanol–water partition coefficient (Wildman–Crippen LogP) is 1.84. The van der Waals surface area contributed by atoms with Gasteiger partial charge in [-0.25, -0.2) is 4.39 Å². The lowest BCUT2D eigenvalue weighted by molar-refractivity contribution is 0.0743. The maximum atomic E-state index is 13.0. The third-order valence-electron chi connectivity index (χ3n) is 3.01. The largest absolute Gasteiger partial charge is 0.395 e. The van der Waals surface area contributed by atoms with E-state index in [1.54, 1.807) is 18.2 Å². The first kappa shape index (κ1) is 14.9. The molecule has 0 aliphatic heterocycles. The van der Waals surface area contributed by atoms with E-state index in [1.807, 2.05) is 0 Å². The van der Waals surface area contributed by atoms with Crippen LogP contribution < -0.4 is 0 Å². The minimum atomic E-state index is -0.347. The molecule has 2 aromatic rings. The van der Waals surface area contributed by atoms with E-state index in [-0.39, 0.29) is 24.9 Å². The van der Waals surface area contributed by atoms with Gasteiger partial charge in [0.15, 0.2) is 0 Å². The molecule has 6 heteroatoms. The van der Waals surface area contributed by atoms with Gasteiger partial charge in [0.05, 0.1) is 24.1 Å². The maximum absolute atomic E-state index is 13.0. The van der Waals surface area contributed by atoms with Crippen LogP contribution >= 0.6 is 0 Å². The summed E-state index contributed by atoms with van der Waals surface area (Å²) >= 11 is 0. The molecule has 0 unspecified atom stereocenters. The van der Waals surface area contributed by atoms with E-state index >= 15 is 0 Å². The number of nitrogens with one attached hydrogen (secondary N) is 1. The number of aromatic amines is 1. The van der Waals surface area contributed by atoms with Crippen LogP contribution in [0.3, 0.4) is 0 Å². The van der Waals surface area contributed by atoms with Crippen LogP contribution in [0.1, 0.15) is 10.4 Å². The molecule has 0 bridgehead atoms. The van der Waals surface area contributed by atoms with Gasteiger partial charge in [0.25, 0.3) is 5.91 Å². The molecule has 1 aromatic heterocycles. The third-order valence-corrected chi connectivity index (χ3v) is 3.01. The molecule has 0 atom stereocenters. The topological polar surface area (TPSA) is 69.2 Å². The highest BCUT2D eigenvalue weighted by Gasteiger charge is 2.20. The summed E-state index contributed by atoms with van der Waals surface area (Å²) < 4.78 is 13.0. The number of aliphatic hydroxyl groups excluding tert-OH is 1. The Morgan fingerprint density at radius 2 is 2.14 bits per heavy atom. The van der Waals surface area contributed by atoms with Crippen LogP contribution in [0.4, 0.5) is 4.39 Å². The summed E-state index contributed by atoms with van der Waals surface area (Å²) in [6, 6.07) is 5.78. The Balaban J connectivity index is 2.32. The molecular formula is C15H16FN3O2. The highest BCUT2D eigenvalue weighted by molar-refractivity contribution is 5.99. The van der Waals surface area contributed by atoms with Crippen LogP contribution in [0.2, 0.25) is 0 Å². The van der Waals surface area contributed by atoms with Crippen LogP contribution in [0.25, 0.3) is 11.3 Å². The third kappa shape index (κ3) is 3.35. The number of carbonyl (C=O) groups is 1. The Labute approximate surface area is 121 Å². The van der Waals surface area contributed by atoms with E-state index in [0.717, 1.165) is 0 Å². The van der Waals surface area contributed by atoms with Crippen molar-refractivity contribution in [3.05, 3.63) is 54.5 Å². The standard InChI is InChI=1S/C15H16FN3O2/c1-2-7-19(8-9-20)15(21)13-10-17-18-14(13)11-3-5-12(16)6-4-11/h2-6,10,20H,1,7-9H2,(H,17,18). The first-order valence-electron chi connectivity index (χ1n) is 6.47. The van der Waals surface area contributed by atoms with E-state index in [1.165, 1.54) is 23.2 Å². The van der Waals surface area contributed by atoms with Crippen molar-refractivity contribution in [2.24, 2.45) is 0 Å². The van der Waals surface area contributed by atoms with Crippen molar-refractivity contribution in [1.29, 1.82) is 0 Å². The first-order chi connectivity index (χ1) is 10.2. The van der Waals surface area contributed by atoms with E-state index in [4.69, 9.17) is 5.11 Å². The molecule has 5 nitrogen and oxygen atoms in total. The lowest BCUT2D eigenvalue weighted by Crippen LogP contribution is -2.33. The number of carbonyl (C=O) groups excluding carboxylic acids is 1. The van der Waals surface area contributed by atoms with Gasteiger partial charge in [-0.1, -0.05) is 6.08 Å². The molecule has 0 saturated heterocycles. The molecule has 21 heavy (non-hydrogen) atoms. The van der Waals surface area contributed by atoms with Crippen molar-refractivity contribution in [2.75, 3.05) is 19.7 Å². The second kappa shape index (κ2) is 6.81. The van der Waals surface area contributed by atoms with Crippen LogP contribution in [0, 0.1) is 5.82 Å². The van der Waals surface area contributed by atoms with Crippen LogP contribution in [0.15, 0.2) is 43.1 Å². The molecule has 2 N–H and O–H groups in total. The summed E-state index contributed by atoms with van der Waals surface area (Å²) in [6.45, 7) is 3.99. The molecule has 0 aliphatic rings. The number of H-pyrrole nitrogens is 1. The van der Waals surface area contributed by atoms with Gasteiger partial charge in [-0.3, -0.25) is 9.89 Å². The second-order valence-electron chi connectivity index (χ2n) is 4.43. The average Bonchev–Trinajstić information content (AvgIpc) is 2.96. The zero-order chi connectivity index (χ0) is 15.2. The molecule has 0 saturated carbocycles. The molecule has 1 heterocycles. The van der Waals surface area contributed by atoms with Gasteiger partial charge in [-0.05, 0) is 24.3 Å².